The summed E-state index contributed by atoms with van der Waals surface area (Å²) >= 11 is 0. The van der Waals surface area contributed by atoms with Crippen molar-refractivity contribution in [1.82, 2.24) is 5.32 Å². The van der Waals surface area contributed by atoms with Crippen LogP contribution in [0.25, 0.3) is 0 Å². The van der Waals surface area contributed by atoms with Crippen LogP contribution in [-0.2, 0) is 35.2 Å². The lowest BCUT2D eigenvalue weighted by molar-refractivity contribution is -0.155. The Hall–Kier alpha value is -3.62. The number of esters is 3. The molecule has 2 fully saturated rings. The van der Waals surface area contributed by atoms with E-state index in [0.29, 0.717) is 24.2 Å². The molecule has 0 aliphatic heterocycles. The molecule has 9 heteroatoms. The molecule has 0 radical (unpaired) electrons. The van der Waals surface area contributed by atoms with Crippen LogP contribution in [0.5, 0.6) is 5.75 Å². The molecule has 0 heterocycles. The van der Waals surface area contributed by atoms with Gasteiger partial charge >= 0.3 is 24.0 Å². The van der Waals surface area contributed by atoms with E-state index in [0.717, 1.165) is 0 Å². The third kappa shape index (κ3) is 5.42. The van der Waals surface area contributed by atoms with Crippen LogP contribution >= 0.6 is 0 Å². The zero-order chi connectivity index (χ0) is 24.0. The molecule has 2 aliphatic rings. The molecule has 33 heavy (non-hydrogen) atoms. The largest absolute Gasteiger partial charge is 0.461 e. The van der Waals surface area contributed by atoms with E-state index >= 15 is 0 Å². The van der Waals surface area contributed by atoms with E-state index in [9.17, 15) is 19.2 Å². The van der Waals surface area contributed by atoms with Crippen molar-refractivity contribution in [2.45, 2.75) is 31.9 Å². The van der Waals surface area contributed by atoms with E-state index in [1.165, 1.54) is 19.1 Å². The van der Waals surface area contributed by atoms with Crippen molar-refractivity contribution in [3.05, 3.63) is 55.1 Å². The van der Waals surface area contributed by atoms with Crippen LogP contribution in [0, 0.1) is 17.8 Å². The minimum absolute atomic E-state index is 0.0233. The van der Waals surface area contributed by atoms with Crippen molar-refractivity contribution >= 4 is 24.0 Å². The highest BCUT2D eigenvalue weighted by Crippen LogP contribution is 2.63. The molecule has 0 unspecified atom stereocenters. The number of carbonyl (C=O) groups excluding carboxylic acids is 4. The van der Waals surface area contributed by atoms with Gasteiger partial charge < -0.3 is 24.3 Å². The average molecular weight is 457 g/mol. The standard InChI is InChI=1S/C24H27NO8/c1-4-12-30-21(27)19-18-10-11-24(20(18)19,25-23(29)31-13-5-2)22(28)32-14-16-6-8-17(9-7-16)33-15(3)26/h4-9,18-20H,1-2,10-14H2,3H3,(H,25,29)/t18-,19-,20-,24-/m0/s1. The second-order valence-corrected chi connectivity index (χ2v) is 7.97. The monoisotopic (exact) mass is 457 g/mol. The van der Waals surface area contributed by atoms with E-state index < -0.39 is 41.4 Å². The summed E-state index contributed by atoms with van der Waals surface area (Å²) in [6, 6.07) is 6.49. The number of hydrogen-bond donors (Lipinski definition) is 1. The first-order valence-electron chi connectivity index (χ1n) is 10.6. The lowest BCUT2D eigenvalue weighted by Crippen LogP contribution is -2.56. The van der Waals surface area contributed by atoms with Crippen LogP contribution in [0.2, 0.25) is 0 Å². The van der Waals surface area contributed by atoms with Crippen LogP contribution in [0.3, 0.4) is 0 Å². The molecular formula is C24H27NO8. The molecular weight excluding hydrogens is 430 g/mol. The number of amides is 1. The predicted molar refractivity (Wildman–Crippen MR) is 116 cm³/mol. The summed E-state index contributed by atoms with van der Waals surface area (Å²) in [5, 5.41) is 2.66. The van der Waals surface area contributed by atoms with Gasteiger partial charge in [0, 0.05) is 12.8 Å². The first-order chi connectivity index (χ1) is 15.8. The molecule has 1 aromatic carbocycles. The fourth-order valence-electron chi connectivity index (χ4n) is 4.41. The highest BCUT2D eigenvalue weighted by molar-refractivity contribution is 5.90. The molecule has 1 amide bonds. The van der Waals surface area contributed by atoms with Gasteiger partial charge in [0.05, 0.1) is 5.92 Å². The maximum Gasteiger partial charge on any atom is 0.408 e. The molecule has 3 rings (SSSR count). The number of hydrogen-bond acceptors (Lipinski definition) is 8. The SMILES string of the molecule is C=CCOC(=O)N[C@@]1(C(=O)OCc2ccc(OC(C)=O)cc2)CC[C@H]2[C@H](C(=O)OCC=C)[C@H]21. The summed E-state index contributed by atoms with van der Waals surface area (Å²) in [7, 11) is 0. The number of carbonyl (C=O) groups is 4. The number of ether oxygens (including phenoxy) is 4. The first-order valence-corrected chi connectivity index (χ1v) is 10.6. The Morgan fingerprint density at radius 2 is 1.73 bits per heavy atom. The van der Waals surface area contributed by atoms with Crippen molar-refractivity contribution in [1.29, 1.82) is 0 Å². The Kier molecular flexibility index (Phi) is 7.52. The van der Waals surface area contributed by atoms with Crippen LogP contribution in [-0.4, -0.2) is 42.8 Å². The molecule has 9 nitrogen and oxygen atoms in total. The molecule has 0 bridgehead atoms. The van der Waals surface area contributed by atoms with Gasteiger partial charge in [-0.1, -0.05) is 37.4 Å². The van der Waals surface area contributed by atoms with Gasteiger partial charge in [0.1, 0.15) is 31.1 Å². The Bertz CT molecular complexity index is 940. The summed E-state index contributed by atoms with van der Waals surface area (Å²) in [4.78, 5) is 49.0. The van der Waals surface area contributed by atoms with Gasteiger partial charge in [0.15, 0.2) is 0 Å². The highest BCUT2D eigenvalue weighted by atomic mass is 16.6. The molecule has 176 valence electrons. The molecule has 0 aromatic heterocycles. The van der Waals surface area contributed by atoms with Gasteiger partial charge in [0.25, 0.3) is 0 Å². The maximum atomic E-state index is 13.2. The normalized spacial score (nSPS) is 24.6. The van der Waals surface area contributed by atoms with E-state index in [1.54, 1.807) is 24.3 Å². The summed E-state index contributed by atoms with van der Waals surface area (Å²) in [6.07, 6.45) is 2.97. The van der Waals surface area contributed by atoms with E-state index in [4.69, 9.17) is 18.9 Å². The second-order valence-electron chi connectivity index (χ2n) is 7.97. The third-order valence-electron chi connectivity index (χ3n) is 5.80. The summed E-state index contributed by atoms with van der Waals surface area (Å²) < 4.78 is 20.7. The highest BCUT2D eigenvalue weighted by Gasteiger charge is 2.72. The lowest BCUT2D eigenvalue weighted by atomic mass is 9.90. The summed E-state index contributed by atoms with van der Waals surface area (Å²) in [5.74, 6) is -2.17. The van der Waals surface area contributed by atoms with Crippen LogP contribution < -0.4 is 10.1 Å². The minimum atomic E-state index is -1.39. The number of fused-ring (bicyclic) bond motifs is 1. The van der Waals surface area contributed by atoms with E-state index in [-0.39, 0.29) is 25.7 Å². The van der Waals surface area contributed by atoms with Gasteiger partial charge in [-0.15, -0.1) is 0 Å². The van der Waals surface area contributed by atoms with E-state index in [2.05, 4.69) is 18.5 Å². The first kappa shape index (κ1) is 24.0. The third-order valence-corrected chi connectivity index (χ3v) is 5.80. The molecule has 2 saturated carbocycles. The molecule has 2 aliphatic carbocycles. The maximum absolute atomic E-state index is 13.2. The molecule has 0 saturated heterocycles. The number of benzene rings is 1. The van der Waals surface area contributed by atoms with Gasteiger partial charge in [0.2, 0.25) is 0 Å². The Morgan fingerprint density at radius 3 is 2.36 bits per heavy atom. The van der Waals surface area contributed by atoms with Gasteiger partial charge in [-0.05, 0) is 36.5 Å². The summed E-state index contributed by atoms with van der Waals surface area (Å²) in [5.41, 5.74) is -0.728. The fourth-order valence-corrected chi connectivity index (χ4v) is 4.41. The quantitative estimate of drug-likeness (QED) is 0.247. The van der Waals surface area contributed by atoms with Crippen LogP contribution in [0.1, 0.15) is 25.3 Å². The van der Waals surface area contributed by atoms with Crippen molar-refractivity contribution in [3.8, 4) is 5.75 Å². The number of rotatable bonds is 10. The van der Waals surface area contributed by atoms with Crippen LogP contribution in [0.4, 0.5) is 4.79 Å². The zero-order valence-corrected chi connectivity index (χ0v) is 18.4. The van der Waals surface area contributed by atoms with Crippen molar-refractivity contribution < 1.29 is 38.1 Å². The average Bonchev–Trinajstić information content (AvgIpc) is 3.42. The predicted octanol–water partition coefficient (Wildman–Crippen LogP) is 2.69. The molecule has 0 spiro atoms. The van der Waals surface area contributed by atoms with Crippen molar-refractivity contribution in [3.63, 3.8) is 0 Å². The van der Waals surface area contributed by atoms with Crippen LogP contribution in [0.15, 0.2) is 49.6 Å². The Labute approximate surface area is 191 Å². The molecule has 1 aromatic rings. The number of alkyl carbamates (subject to hydrolysis) is 1. The van der Waals surface area contributed by atoms with Gasteiger partial charge in [-0.25, -0.2) is 9.59 Å². The summed E-state index contributed by atoms with van der Waals surface area (Å²) in [6.45, 7) is 8.31. The second kappa shape index (κ2) is 10.3. The lowest BCUT2D eigenvalue weighted by Gasteiger charge is -2.30. The molecule has 4 atom stereocenters. The molecule has 1 N–H and O–H groups in total. The topological polar surface area (TPSA) is 117 Å². The van der Waals surface area contributed by atoms with Crippen molar-refractivity contribution in [2.75, 3.05) is 13.2 Å². The fraction of sp³-hybridized carbons (Fsp3) is 0.417. The van der Waals surface area contributed by atoms with Gasteiger partial charge in [-0.2, -0.15) is 0 Å². The zero-order valence-electron chi connectivity index (χ0n) is 18.4. The van der Waals surface area contributed by atoms with Crippen molar-refractivity contribution in [2.24, 2.45) is 17.8 Å². The minimum Gasteiger partial charge on any atom is -0.461 e. The smallest absolute Gasteiger partial charge is 0.408 e. The number of nitrogens with one attached hydrogen (secondary N) is 1. The Morgan fingerprint density at radius 1 is 1.06 bits per heavy atom. The van der Waals surface area contributed by atoms with E-state index in [1.807, 2.05) is 0 Å². The Balaban J connectivity index is 1.71. The van der Waals surface area contributed by atoms with Gasteiger partial charge in [-0.3, -0.25) is 9.59 Å².